The van der Waals surface area contributed by atoms with E-state index in [1.54, 1.807) is 20.8 Å². The molecule has 0 aromatic rings. The minimum absolute atomic E-state index is 0.139. The van der Waals surface area contributed by atoms with Crippen molar-refractivity contribution >= 4 is 11.9 Å². The zero-order valence-corrected chi connectivity index (χ0v) is 26.8. The van der Waals surface area contributed by atoms with Gasteiger partial charge in [-0.2, -0.15) is 0 Å². The molecule has 0 aliphatic carbocycles. The average Bonchev–Trinajstić information content (AvgIpc) is 2.95. The summed E-state index contributed by atoms with van der Waals surface area (Å²) >= 11 is 0. The topological polar surface area (TPSA) is 181 Å². The molecule has 1 atom stereocenters. The van der Waals surface area contributed by atoms with Gasteiger partial charge in [0.05, 0.1) is 106 Å². The lowest BCUT2D eigenvalue weighted by Crippen LogP contribution is -2.44. The molecule has 1 unspecified atom stereocenters. The van der Waals surface area contributed by atoms with Crippen LogP contribution in [0.4, 0.5) is 0 Å². The molecule has 5 N–H and O–H groups in total. The highest BCUT2D eigenvalue weighted by atomic mass is 16.6. The molecular weight excluding hydrogens is 566 g/mol. The number of esters is 1. The van der Waals surface area contributed by atoms with Gasteiger partial charge in [0.2, 0.25) is 5.91 Å². The number of carbonyl (C=O) groups excluding carboxylic acids is 2. The molecule has 256 valence electrons. The highest BCUT2D eigenvalue weighted by Gasteiger charge is 2.26. The van der Waals surface area contributed by atoms with Crippen molar-refractivity contribution in [3.8, 4) is 0 Å². The summed E-state index contributed by atoms with van der Waals surface area (Å²) in [6.45, 7) is 13.8. The first kappa shape index (κ1) is 41.5. The molecule has 0 saturated heterocycles. The molecule has 0 aliphatic heterocycles. The summed E-state index contributed by atoms with van der Waals surface area (Å²) in [7, 11) is 0. The van der Waals surface area contributed by atoms with Gasteiger partial charge in [0.15, 0.2) is 0 Å². The molecular formula is C29H59N3O11. The molecule has 14 nitrogen and oxygen atoms in total. The molecule has 1 amide bonds. The third-order valence-corrected chi connectivity index (χ3v) is 5.31. The van der Waals surface area contributed by atoms with Crippen molar-refractivity contribution < 1.29 is 52.2 Å². The highest BCUT2D eigenvalue weighted by Crippen LogP contribution is 2.11. The van der Waals surface area contributed by atoms with Crippen LogP contribution in [0.3, 0.4) is 0 Å². The Kier molecular flexibility index (Phi) is 29.5. The molecule has 14 heteroatoms. The normalized spacial score (nSPS) is 12.4. The maximum absolute atomic E-state index is 12.4. The van der Waals surface area contributed by atoms with Gasteiger partial charge in [0, 0.05) is 13.0 Å². The van der Waals surface area contributed by atoms with E-state index in [2.05, 4.69) is 5.32 Å². The molecule has 0 fully saturated rings. The van der Waals surface area contributed by atoms with Gasteiger partial charge in [-0.05, 0) is 46.6 Å². The van der Waals surface area contributed by atoms with E-state index in [0.29, 0.717) is 119 Å². The van der Waals surface area contributed by atoms with E-state index in [1.807, 2.05) is 0 Å². The Morgan fingerprint density at radius 2 is 0.930 bits per heavy atom. The number of ether oxygens (including phenoxy) is 9. The maximum Gasteiger partial charge on any atom is 0.329 e. The van der Waals surface area contributed by atoms with E-state index in [9.17, 15) is 9.59 Å². The van der Waals surface area contributed by atoms with Gasteiger partial charge >= 0.3 is 5.97 Å². The van der Waals surface area contributed by atoms with Crippen molar-refractivity contribution in [1.82, 2.24) is 5.32 Å². The Labute approximate surface area is 258 Å². The number of nitrogens with two attached hydrogens (primary N) is 2. The molecule has 43 heavy (non-hydrogen) atoms. The van der Waals surface area contributed by atoms with E-state index in [-0.39, 0.29) is 18.9 Å². The number of carbonyl (C=O) groups is 2. The lowest BCUT2D eigenvalue weighted by Gasteiger charge is -2.24. The Bertz CT molecular complexity index is 639. The quantitative estimate of drug-likeness (QED) is 0.0692. The fourth-order valence-corrected chi connectivity index (χ4v) is 3.27. The minimum atomic E-state index is -0.694. The summed E-state index contributed by atoms with van der Waals surface area (Å²) in [6.07, 6.45) is 2.12. The van der Waals surface area contributed by atoms with Gasteiger partial charge in [-0.3, -0.25) is 4.79 Å². The van der Waals surface area contributed by atoms with Crippen LogP contribution in [0.15, 0.2) is 0 Å². The van der Waals surface area contributed by atoms with E-state index < -0.39 is 17.6 Å². The Balaban J connectivity index is 3.49. The first-order chi connectivity index (χ1) is 20.8. The van der Waals surface area contributed by atoms with Crippen molar-refractivity contribution in [3.05, 3.63) is 0 Å². The molecule has 0 radical (unpaired) electrons. The Morgan fingerprint density at radius 1 is 0.558 bits per heavy atom. The minimum Gasteiger partial charge on any atom is -0.458 e. The van der Waals surface area contributed by atoms with Gasteiger partial charge in [-0.15, -0.1) is 0 Å². The van der Waals surface area contributed by atoms with Crippen molar-refractivity contribution in [1.29, 1.82) is 0 Å². The smallest absolute Gasteiger partial charge is 0.329 e. The van der Waals surface area contributed by atoms with Crippen LogP contribution in [0.2, 0.25) is 0 Å². The maximum atomic E-state index is 12.4. The molecule has 0 aromatic heterocycles. The predicted octanol–water partition coefficient (Wildman–Crippen LogP) is 0.424. The van der Waals surface area contributed by atoms with Crippen molar-refractivity contribution in [3.63, 3.8) is 0 Å². The summed E-state index contributed by atoms with van der Waals surface area (Å²) in [5, 5.41) is 2.75. The molecule has 0 heterocycles. The summed E-state index contributed by atoms with van der Waals surface area (Å²) in [4.78, 5) is 24.7. The fraction of sp³-hybridized carbons (Fsp3) is 0.931. The molecule has 0 spiro atoms. The molecule has 0 saturated carbocycles. The van der Waals surface area contributed by atoms with E-state index >= 15 is 0 Å². The molecule has 0 bridgehead atoms. The van der Waals surface area contributed by atoms with Crippen molar-refractivity contribution in [2.45, 2.75) is 58.1 Å². The van der Waals surface area contributed by atoms with Gasteiger partial charge in [0.1, 0.15) is 11.6 Å². The lowest BCUT2D eigenvalue weighted by molar-refractivity contribution is -0.159. The second kappa shape index (κ2) is 30.6. The fourth-order valence-electron chi connectivity index (χ4n) is 3.27. The molecule has 0 rings (SSSR count). The number of rotatable bonds is 32. The van der Waals surface area contributed by atoms with Gasteiger partial charge < -0.3 is 59.4 Å². The van der Waals surface area contributed by atoms with Gasteiger partial charge in [0.25, 0.3) is 0 Å². The third kappa shape index (κ3) is 31.8. The van der Waals surface area contributed by atoms with Crippen LogP contribution in [0.5, 0.6) is 0 Å². The monoisotopic (exact) mass is 625 g/mol. The second-order valence-electron chi connectivity index (χ2n) is 10.4. The Hall–Kier alpha value is -1.46. The number of hydrogen-bond donors (Lipinski definition) is 3. The summed E-state index contributed by atoms with van der Waals surface area (Å²) in [5.41, 5.74) is 10.2. The first-order valence-corrected chi connectivity index (χ1v) is 15.3. The van der Waals surface area contributed by atoms with Crippen molar-refractivity contribution in [2.24, 2.45) is 11.5 Å². The number of amides is 1. The zero-order valence-electron chi connectivity index (χ0n) is 26.8. The SMILES string of the molecule is CC(C)(C)OC(=O)C(CCCCN)NC(=O)CCOCCOCCOCCOCCOCCOCCOCCOCCN. The lowest BCUT2D eigenvalue weighted by atomic mass is 10.1. The van der Waals surface area contributed by atoms with Crippen LogP contribution >= 0.6 is 0 Å². The number of unbranched alkanes of at least 4 members (excludes halogenated alkanes) is 1. The second-order valence-corrected chi connectivity index (χ2v) is 10.4. The van der Waals surface area contributed by atoms with Gasteiger partial charge in [-0.25, -0.2) is 4.79 Å². The van der Waals surface area contributed by atoms with Crippen molar-refractivity contribution in [2.75, 3.05) is 119 Å². The summed E-state index contributed by atoms with van der Waals surface area (Å²) < 4.78 is 48.7. The predicted molar refractivity (Wildman–Crippen MR) is 161 cm³/mol. The summed E-state index contributed by atoms with van der Waals surface area (Å²) in [5.74, 6) is -0.703. The van der Waals surface area contributed by atoms with Crippen LogP contribution in [0.1, 0.15) is 46.5 Å². The Morgan fingerprint density at radius 3 is 1.28 bits per heavy atom. The largest absolute Gasteiger partial charge is 0.458 e. The van der Waals surface area contributed by atoms with Crippen LogP contribution in [-0.4, -0.2) is 142 Å². The number of nitrogens with one attached hydrogen (secondary N) is 1. The average molecular weight is 626 g/mol. The molecule has 0 aliphatic rings. The van der Waals surface area contributed by atoms with Crippen LogP contribution < -0.4 is 16.8 Å². The highest BCUT2D eigenvalue weighted by molar-refractivity contribution is 5.84. The van der Waals surface area contributed by atoms with E-state index in [0.717, 1.165) is 12.8 Å². The van der Waals surface area contributed by atoms with Crippen LogP contribution in [0.25, 0.3) is 0 Å². The van der Waals surface area contributed by atoms with Gasteiger partial charge in [-0.1, -0.05) is 0 Å². The molecule has 0 aromatic carbocycles. The zero-order chi connectivity index (χ0) is 31.9. The number of hydrogen-bond acceptors (Lipinski definition) is 13. The van der Waals surface area contributed by atoms with E-state index in [4.69, 9.17) is 54.1 Å². The van der Waals surface area contributed by atoms with Crippen LogP contribution in [0, 0.1) is 0 Å². The van der Waals surface area contributed by atoms with E-state index in [1.165, 1.54) is 0 Å². The standard InChI is InChI=1S/C29H59N3O11/c1-29(2,3)43-28(34)26(6-4-5-8-30)32-27(33)7-10-35-12-14-37-16-18-39-20-22-41-24-25-42-23-21-40-19-17-38-15-13-36-11-9-31/h26H,4-25,30-31H2,1-3H3,(H,32,33). The third-order valence-electron chi connectivity index (χ3n) is 5.31. The first-order valence-electron chi connectivity index (χ1n) is 15.3. The van der Waals surface area contributed by atoms with Crippen LogP contribution in [-0.2, 0) is 52.2 Å². The summed E-state index contributed by atoms with van der Waals surface area (Å²) in [6, 6.07) is -0.694.